The van der Waals surface area contributed by atoms with E-state index in [0.717, 1.165) is 23.1 Å². The molecule has 1 aliphatic heterocycles. The van der Waals surface area contributed by atoms with E-state index < -0.39 is 0 Å². The second-order valence-corrected chi connectivity index (χ2v) is 6.24. The van der Waals surface area contributed by atoms with Crippen LogP contribution in [0.4, 0.5) is 0 Å². The predicted octanol–water partition coefficient (Wildman–Crippen LogP) is 3.16. The average molecular weight is 370 g/mol. The molecule has 0 amide bonds. The molecule has 0 unspecified atom stereocenters. The maximum atomic E-state index is 6.14. The first kappa shape index (κ1) is 16.9. The van der Waals surface area contributed by atoms with E-state index in [0.29, 0.717) is 24.0 Å². The van der Waals surface area contributed by atoms with Crippen LogP contribution in [-0.4, -0.2) is 38.2 Å². The van der Waals surface area contributed by atoms with Gasteiger partial charge in [-0.1, -0.05) is 12.8 Å². The van der Waals surface area contributed by atoms with Gasteiger partial charge in [-0.2, -0.15) is 0 Å². The molecule has 0 spiro atoms. The van der Waals surface area contributed by atoms with Gasteiger partial charge in [0.15, 0.2) is 17.5 Å². The second-order valence-electron chi connectivity index (χ2n) is 5.39. The Labute approximate surface area is 140 Å². The van der Waals surface area contributed by atoms with Gasteiger partial charge in [0, 0.05) is 13.1 Å². The van der Waals surface area contributed by atoms with Gasteiger partial charge in [0.05, 0.1) is 25.2 Å². The molecule has 1 aromatic rings. The molecule has 1 fully saturated rings. The van der Waals surface area contributed by atoms with Gasteiger partial charge in [-0.25, -0.2) is 4.99 Å². The minimum Gasteiger partial charge on any atom is -0.493 e. The quantitative estimate of drug-likeness (QED) is 0.653. The summed E-state index contributed by atoms with van der Waals surface area (Å²) in [5.74, 6) is 2.01. The minimum absolute atomic E-state index is 0.529. The average Bonchev–Trinajstić information content (AvgIpc) is 2.81. The van der Waals surface area contributed by atoms with Crippen molar-refractivity contribution in [1.29, 1.82) is 0 Å². The van der Waals surface area contributed by atoms with Crippen molar-refractivity contribution in [2.24, 2.45) is 10.7 Å². The Kier molecular flexibility index (Phi) is 6.36. The van der Waals surface area contributed by atoms with Crippen molar-refractivity contribution in [3.8, 4) is 11.5 Å². The smallest absolute Gasteiger partial charge is 0.191 e. The minimum atomic E-state index is 0.529. The first-order valence-corrected chi connectivity index (χ1v) is 8.40. The number of halogens is 1. The zero-order chi connectivity index (χ0) is 15.9. The van der Waals surface area contributed by atoms with Crippen molar-refractivity contribution in [1.82, 2.24) is 4.90 Å². The van der Waals surface area contributed by atoms with Crippen LogP contribution in [0.15, 0.2) is 21.6 Å². The number of benzene rings is 1. The summed E-state index contributed by atoms with van der Waals surface area (Å²) in [7, 11) is 3.25. The van der Waals surface area contributed by atoms with Gasteiger partial charge in [-0.05, 0) is 46.5 Å². The Morgan fingerprint density at radius 3 is 2.45 bits per heavy atom. The molecule has 0 radical (unpaired) electrons. The number of ether oxygens (including phenoxy) is 2. The SMILES string of the molecule is COc1cc(CN=C(N)N2CCCCCC2)cc(Br)c1OC. The zero-order valence-electron chi connectivity index (χ0n) is 13.3. The Bertz CT molecular complexity index is 526. The summed E-state index contributed by atoms with van der Waals surface area (Å²) in [6.07, 6.45) is 4.95. The van der Waals surface area contributed by atoms with E-state index in [4.69, 9.17) is 15.2 Å². The van der Waals surface area contributed by atoms with E-state index in [9.17, 15) is 0 Å². The fourth-order valence-electron chi connectivity index (χ4n) is 2.63. The molecule has 22 heavy (non-hydrogen) atoms. The lowest BCUT2D eigenvalue weighted by Crippen LogP contribution is -2.38. The standard InChI is InChI=1S/C16H24BrN3O2/c1-21-14-10-12(9-13(17)15(14)22-2)11-19-16(18)20-7-5-3-4-6-8-20/h9-10H,3-8,11H2,1-2H3,(H2,18,19). The van der Waals surface area contributed by atoms with Gasteiger partial charge in [-0.3, -0.25) is 0 Å². The molecule has 0 saturated carbocycles. The van der Waals surface area contributed by atoms with Crippen molar-refractivity contribution in [2.45, 2.75) is 32.2 Å². The summed E-state index contributed by atoms with van der Waals surface area (Å²) in [6, 6.07) is 3.92. The molecular weight excluding hydrogens is 346 g/mol. The number of nitrogens with two attached hydrogens (primary N) is 1. The van der Waals surface area contributed by atoms with Crippen molar-refractivity contribution in [2.75, 3.05) is 27.3 Å². The highest BCUT2D eigenvalue weighted by Gasteiger charge is 2.12. The molecule has 0 aromatic heterocycles. The fraction of sp³-hybridized carbons (Fsp3) is 0.562. The van der Waals surface area contributed by atoms with Crippen molar-refractivity contribution < 1.29 is 9.47 Å². The number of hydrogen-bond acceptors (Lipinski definition) is 3. The molecule has 5 nitrogen and oxygen atoms in total. The first-order chi connectivity index (χ1) is 10.7. The van der Waals surface area contributed by atoms with Crippen LogP contribution in [0.2, 0.25) is 0 Å². The Hall–Kier alpha value is -1.43. The van der Waals surface area contributed by atoms with Crippen molar-refractivity contribution in [3.05, 3.63) is 22.2 Å². The highest BCUT2D eigenvalue weighted by atomic mass is 79.9. The summed E-state index contributed by atoms with van der Waals surface area (Å²) >= 11 is 3.50. The lowest BCUT2D eigenvalue weighted by molar-refractivity contribution is 0.352. The van der Waals surface area contributed by atoms with E-state index in [-0.39, 0.29) is 0 Å². The summed E-state index contributed by atoms with van der Waals surface area (Å²) in [4.78, 5) is 6.72. The third kappa shape index (κ3) is 4.29. The second kappa shape index (κ2) is 8.27. The number of methoxy groups -OCH3 is 2. The highest BCUT2D eigenvalue weighted by molar-refractivity contribution is 9.10. The summed E-state index contributed by atoms with van der Waals surface area (Å²) in [5, 5.41) is 0. The van der Waals surface area contributed by atoms with Crippen LogP contribution in [0.1, 0.15) is 31.2 Å². The molecule has 0 atom stereocenters. The molecule has 2 rings (SSSR count). The third-order valence-electron chi connectivity index (χ3n) is 3.85. The highest BCUT2D eigenvalue weighted by Crippen LogP contribution is 2.36. The topological polar surface area (TPSA) is 60.1 Å². The predicted molar refractivity (Wildman–Crippen MR) is 92.6 cm³/mol. The van der Waals surface area contributed by atoms with E-state index in [2.05, 4.69) is 25.8 Å². The van der Waals surface area contributed by atoms with E-state index >= 15 is 0 Å². The van der Waals surface area contributed by atoms with E-state index in [1.165, 1.54) is 25.7 Å². The number of rotatable bonds is 4. The van der Waals surface area contributed by atoms with Gasteiger partial charge < -0.3 is 20.1 Å². The monoisotopic (exact) mass is 369 g/mol. The number of guanidine groups is 1. The van der Waals surface area contributed by atoms with Gasteiger partial charge in [0.1, 0.15) is 0 Å². The normalized spacial score (nSPS) is 16.3. The molecule has 1 saturated heterocycles. The summed E-state index contributed by atoms with van der Waals surface area (Å²) < 4.78 is 11.5. The van der Waals surface area contributed by atoms with Crippen LogP contribution in [0, 0.1) is 0 Å². The van der Waals surface area contributed by atoms with Crippen LogP contribution in [-0.2, 0) is 6.54 Å². The first-order valence-electron chi connectivity index (χ1n) is 7.61. The maximum absolute atomic E-state index is 6.14. The van der Waals surface area contributed by atoms with Crippen LogP contribution in [0.25, 0.3) is 0 Å². The Morgan fingerprint density at radius 2 is 1.86 bits per heavy atom. The van der Waals surface area contributed by atoms with Crippen LogP contribution in [0.5, 0.6) is 11.5 Å². The molecule has 6 heteroatoms. The Balaban J connectivity index is 2.09. The number of likely N-dealkylation sites (tertiary alicyclic amines) is 1. The van der Waals surface area contributed by atoms with Gasteiger partial charge >= 0.3 is 0 Å². The largest absolute Gasteiger partial charge is 0.493 e. The van der Waals surface area contributed by atoms with Crippen LogP contribution < -0.4 is 15.2 Å². The molecule has 0 bridgehead atoms. The molecule has 0 aliphatic carbocycles. The molecule has 122 valence electrons. The molecule has 1 heterocycles. The Morgan fingerprint density at radius 1 is 1.18 bits per heavy atom. The molecule has 1 aromatic carbocycles. The lowest BCUT2D eigenvalue weighted by Gasteiger charge is -2.21. The maximum Gasteiger partial charge on any atom is 0.191 e. The summed E-state index contributed by atoms with van der Waals surface area (Å²) in [5.41, 5.74) is 7.17. The van der Waals surface area contributed by atoms with Crippen LogP contribution in [0.3, 0.4) is 0 Å². The third-order valence-corrected chi connectivity index (χ3v) is 4.44. The van der Waals surface area contributed by atoms with E-state index in [1.54, 1.807) is 14.2 Å². The number of aliphatic imine (C=N–C) groups is 1. The summed E-state index contributed by atoms with van der Waals surface area (Å²) in [6.45, 7) is 2.54. The fourth-order valence-corrected chi connectivity index (χ4v) is 3.29. The molecule has 1 aliphatic rings. The zero-order valence-corrected chi connectivity index (χ0v) is 14.9. The van der Waals surface area contributed by atoms with Crippen LogP contribution >= 0.6 is 15.9 Å². The molecular formula is C16H24BrN3O2. The number of nitrogens with zero attached hydrogens (tertiary/aromatic N) is 2. The van der Waals surface area contributed by atoms with E-state index in [1.807, 2.05) is 12.1 Å². The lowest BCUT2D eigenvalue weighted by atomic mass is 10.2. The van der Waals surface area contributed by atoms with Gasteiger partial charge in [0.25, 0.3) is 0 Å². The van der Waals surface area contributed by atoms with Gasteiger partial charge in [0.2, 0.25) is 0 Å². The number of hydrogen-bond donors (Lipinski definition) is 1. The molecule has 2 N–H and O–H groups in total. The van der Waals surface area contributed by atoms with Crippen molar-refractivity contribution >= 4 is 21.9 Å². The van der Waals surface area contributed by atoms with Gasteiger partial charge in [-0.15, -0.1) is 0 Å². The van der Waals surface area contributed by atoms with Crippen molar-refractivity contribution in [3.63, 3.8) is 0 Å².